The molecule has 7 rings (SSSR count). The average molecular weight is 441 g/mol. The van der Waals surface area contributed by atoms with Crippen LogP contribution >= 0.6 is 0 Å². The van der Waals surface area contributed by atoms with E-state index in [1.54, 1.807) is 6.20 Å². The molecule has 1 amide bonds. The van der Waals surface area contributed by atoms with Gasteiger partial charge < -0.3 is 20.1 Å². The third-order valence-corrected chi connectivity index (χ3v) is 8.98. The molecule has 32 heavy (non-hydrogen) atoms. The Balaban J connectivity index is 1.25. The van der Waals surface area contributed by atoms with Crippen molar-refractivity contribution in [3.8, 4) is 0 Å². The number of aliphatic hydroxyl groups is 1. The Kier molecular flexibility index (Phi) is 5.17. The SMILES string of the molecule is CN(c1ncc(C(=O)NC2C3CC4CC2CC(O)(C4)C3)c(C2CCCC2)n1)[C@H]1CCCO1. The van der Waals surface area contributed by atoms with Gasteiger partial charge in [0.05, 0.1) is 16.9 Å². The molecule has 6 fully saturated rings. The molecule has 7 heteroatoms. The molecular formula is C25H36N4O3. The highest BCUT2D eigenvalue weighted by atomic mass is 16.5. The summed E-state index contributed by atoms with van der Waals surface area (Å²) in [4.78, 5) is 25.1. The van der Waals surface area contributed by atoms with Gasteiger partial charge in [0.15, 0.2) is 0 Å². The van der Waals surface area contributed by atoms with Gasteiger partial charge in [-0.3, -0.25) is 4.79 Å². The van der Waals surface area contributed by atoms with Crippen molar-refractivity contribution in [1.29, 1.82) is 0 Å². The quantitative estimate of drug-likeness (QED) is 0.730. The number of amides is 1. The first-order valence-electron chi connectivity index (χ1n) is 12.7. The van der Waals surface area contributed by atoms with Crippen LogP contribution in [0, 0.1) is 17.8 Å². The number of anilines is 1. The number of carbonyl (C=O) groups excluding carboxylic acids is 1. The Hall–Kier alpha value is -1.73. The summed E-state index contributed by atoms with van der Waals surface area (Å²) in [6.07, 6.45) is 13.3. The molecule has 2 unspecified atom stereocenters. The van der Waals surface area contributed by atoms with Crippen LogP contribution in [-0.2, 0) is 4.74 Å². The standard InChI is InChI=1S/C25H36N4O3/c1-29(20-7-4-8-32-20)24-26-14-19(22(28-24)16-5-2-3-6-16)23(30)27-21-17-9-15-10-18(21)13-25(31,11-15)12-17/h14-18,20-21,31H,2-13H2,1H3,(H,27,30)/t15?,17?,18?,20-,21?,25?/m1/s1. The maximum atomic E-state index is 13.5. The Morgan fingerprint density at radius 1 is 1.16 bits per heavy atom. The van der Waals surface area contributed by atoms with E-state index < -0.39 is 5.60 Å². The Labute approximate surface area is 190 Å². The first kappa shape index (κ1) is 20.8. The summed E-state index contributed by atoms with van der Waals surface area (Å²) in [6.45, 7) is 0.782. The minimum Gasteiger partial charge on any atom is -0.390 e. The fraction of sp³-hybridized carbons (Fsp3) is 0.800. The number of nitrogens with zero attached hydrogens (tertiary/aromatic N) is 3. The Bertz CT molecular complexity index is 864. The lowest BCUT2D eigenvalue weighted by atomic mass is 9.52. The number of ether oxygens (including phenoxy) is 1. The summed E-state index contributed by atoms with van der Waals surface area (Å²) in [5, 5.41) is 14.3. The predicted molar refractivity (Wildman–Crippen MR) is 120 cm³/mol. The highest BCUT2D eigenvalue weighted by Gasteiger charge is 2.55. The molecule has 2 heterocycles. The van der Waals surface area contributed by atoms with Crippen LogP contribution in [0.2, 0.25) is 0 Å². The minimum atomic E-state index is -0.482. The van der Waals surface area contributed by atoms with Crippen molar-refractivity contribution in [2.45, 2.75) is 94.4 Å². The first-order valence-corrected chi connectivity index (χ1v) is 12.7. The minimum absolute atomic E-state index is 0.0185. The lowest BCUT2D eigenvalue weighted by Crippen LogP contribution is -2.61. The molecular weight excluding hydrogens is 404 g/mol. The van der Waals surface area contributed by atoms with Crippen LogP contribution in [0.3, 0.4) is 0 Å². The van der Waals surface area contributed by atoms with Gasteiger partial charge in [0.25, 0.3) is 5.91 Å². The maximum Gasteiger partial charge on any atom is 0.254 e. The van der Waals surface area contributed by atoms with Crippen LogP contribution in [0.15, 0.2) is 6.20 Å². The molecule has 1 aromatic rings. The van der Waals surface area contributed by atoms with E-state index >= 15 is 0 Å². The van der Waals surface area contributed by atoms with Crippen molar-refractivity contribution < 1.29 is 14.6 Å². The number of rotatable bonds is 5. The van der Waals surface area contributed by atoms with Gasteiger partial charge in [-0.25, -0.2) is 9.97 Å². The van der Waals surface area contributed by atoms with Crippen LogP contribution in [0.25, 0.3) is 0 Å². The highest BCUT2D eigenvalue weighted by Crippen LogP contribution is 2.55. The Morgan fingerprint density at radius 2 is 1.91 bits per heavy atom. The third-order valence-electron chi connectivity index (χ3n) is 8.98. The molecule has 2 N–H and O–H groups in total. The van der Waals surface area contributed by atoms with Crippen molar-refractivity contribution in [3.63, 3.8) is 0 Å². The molecule has 4 bridgehead atoms. The van der Waals surface area contributed by atoms with Crippen molar-refractivity contribution in [2.75, 3.05) is 18.6 Å². The van der Waals surface area contributed by atoms with E-state index in [0.717, 1.165) is 70.1 Å². The van der Waals surface area contributed by atoms with E-state index in [1.165, 1.54) is 12.8 Å². The molecule has 0 aromatic carbocycles. The van der Waals surface area contributed by atoms with E-state index in [1.807, 2.05) is 11.9 Å². The molecule has 3 atom stereocenters. The molecule has 1 aromatic heterocycles. The van der Waals surface area contributed by atoms with Crippen molar-refractivity contribution in [3.05, 3.63) is 17.5 Å². The molecule has 174 valence electrons. The van der Waals surface area contributed by atoms with E-state index in [0.29, 0.717) is 35.2 Å². The second kappa shape index (κ2) is 7.94. The molecule has 6 aliphatic rings. The molecule has 0 spiro atoms. The van der Waals surface area contributed by atoms with Crippen molar-refractivity contribution in [2.24, 2.45) is 17.8 Å². The molecule has 7 nitrogen and oxygen atoms in total. The smallest absolute Gasteiger partial charge is 0.254 e. The van der Waals surface area contributed by atoms with Crippen LogP contribution in [0.4, 0.5) is 5.95 Å². The Morgan fingerprint density at radius 3 is 2.56 bits per heavy atom. The van der Waals surface area contributed by atoms with E-state index in [2.05, 4.69) is 10.3 Å². The van der Waals surface area contributed by atoms with Gasteiger partial charge >= 0.3 is 0 Å². The summed E-state index contributed by atoms with van der Waals surface area (Å²) in [5.74, 6) is 2.40. The van der Waals surface area contributed by atoms with Gasteiger partial charge in [-0.05, 0) is 75.5 Å². The van der Waals surface area contributed by atoms with E-state index in [4.69, 9.17) is 9.72 Å². The second-order valence-corrected chi connectivity index (χ2v) is 11.2. The number of hydrogen-bond donors (Lipinski definition) is 2. The zero-order valence-corrected chi connectivity index (χ0v) is 19.1. The molecule has 5 saturated carbocycles. The molecule has 1 saturated heterocycles. The fourth-order valence-corrected chi connectivity index (χ4v) is 7.68. The van der Waals surface area contributed by atoms with E-state index in [-0.39, 0.29) is 18.2 Å². The average Bonchev–Trinajstić information content (AvgIpc) is 3.48. The third kappa shape index (κ3) is 3.61. The van der Waals surface area contributed by atoms with Gasteiger partial charge in [-0.1, -0.05) is 12.8 Å². The second-order valence-electron chi connectivity index (χ2n) is 11.2. The lowest BCUT2D eigenvalue weighted by molar-refractivity contribution is -0.136. The summed E-state index contributed by atoms with van der Waals surface area (Å²) >= 11 is 0. The van der Waals surface area contributed by atoms with Gasteiger partial charge in [-0.15, -0.1) is 0 Å². The normalized spacial score (nSPS) is 38.4. The summed E-state index contributed by atoms with van der Waals surface area (Å²) < 4.78 is 5.82. The van der Waals surface area contributed by atoms with Crippen LogP contribution in [-0.4, -0.2) is 52.5 Å². The highest BCUT2D eigenvalue weighted by molar-refractivity contribution is 5.95. The maximum absolute atomic E-state index is 13.5. The lowest BCUT2D eigenvalue weighted by Gasteiger charge is -2.58. The van der Waals surface area contributed by atoms with Crippen molar-refractivity contribution in [1.82, 2.24) is 15.3 Å². The molecule has 0 radical (unpaired) electrons. The van der Waals surface area contributed by atoms with Gasteiger partial charge in [0.2, 0.25) is 5.95 Å². The van der Waals surface area contributed by atoms with Crippen LogP contribution in [0.5, 0.6) is 0 Å². The number of hydrogen-bond acceptors (Lipinski definition) is 6. The van der Waals surface area contributed by atoms with Crippen molar-refractivity contribution >= 4 is 11.9 Å². The summed E-state index contributed by atoms with van der Waals surface area (Å²) in [5.41, 5.74) is 1.08. The number of nitrogens with one attached hydrogen (secondary N) is 1. The largest absolute Gasteiger partial charge is 0.390 e. The van der Waals surface area contributed by atoms with Gasteiger partial charge in [-0.2, -0.15) is 0 Å². The van der Waals surface area contributed by atoms with Crippen LogP contribution in [0.1, 0.15) is 92.6 Å². The van der Waals surface area contributed by atoms with Crippen LogP contribution < -0.4 is 10.2 Å². The summed E-state index contributed by atoms with van der Waals surface area (Å²) in [7, 11) is 1.99. The van der Waals surface area contributed by atoms with Gasteiger partial charge in [0, 0.05) is 31.8 Å². The van der Waals surface area contributed by atoms with E-state index in [9.17, 15) is 9.90 Å². The molecule has 5 aliphatic carbocycles. The summed E-state index contributed by atoms with van der Waals surface area (Å²) in [6, 6.07) is 0.171. The van der Waals surface area contributed by atoms with Gasteiger partial charge in [0.1, 0.15) is 6.23 Å². The zero-order chi connectivity index (χ0) is 21.9. The zero-order valence-electron chi connectivity index (χ0n) is 19.1. The fourth-order valence-electron chi connectivity index (χ4n) is 7.68. The topological polar surface area (TPSA) is 87.6 Å². The monoisotopic (exact) mass is 440 g/mol. The number of carbonyl (C=O) groups is 1. The first-order chi connectivity index (χ1) is 15.5. The number of aromatic nitrogens is 2. The molecule has 1 aliphatic heterocycles. The predicted octanol–water partition coefficient (Wildman–Crippen LogP) is 3.38.